The maximum atomic E-state index is 12.0. The Kier molecular flexibility index (Phi) is 4.41. The fourth-order valence-electron chi connectivity index (χ4n) is 3.51. The van der Waals surface area contributed by atoms with Crippen LogP contribution in [0.2, 0.25) is 0 Å². The number of hydrogen-bond donors (Lipinski definition) is 1. The zero-order valence-electron chi connectivity index (χ0n) is 13.4. The fraction of sp³-hybridized carbons (Fsp3) is 0.588. The maximum absolute atomic E-state index is 12.0. The van der Waals surface area contributed by atoms with Crippen molar-refractivity contribution in [1.29, 1.82) is 0 Å². The van der Waals surface area contributed by atoms with E-state index in [2.05, 4.69) is 29.3 Å². The molecule has 0 saturated carbocycles. The fourth-order valence-corrected chi connectivity index (χ4v) is 3.51. The Morgan fingerprint density at radius 3 is 2.36 bits per heavy atom. The highest BCUT2D eigenvalue weighted by molar-refractivity contribution is 5.74. The van der Waals surface area contributed by atoms with Gasteiger partial charge in [-0.05, 0) is 30.7 Å². The number of benzene rings is 1. The van der Waals surface area contributed by atoms with Gasteiger partial charge in [0.2, 0.25) is 0 Å². The van der Waals surface area contributed by atoms with Gasteiger partial charge in [0.15, 0.2) is 0 Å². The first-order chi connectivity index (χ1) is 10.7. The lowest BCUT2D eigenvalue weighted by molar-refractivity contribution is 0.206. The second kappa shape index (κ2) is 6.46. The number of rotatable bonds is 4. The first kappa shape index (κ1) is 15.0. The minimum Gasteiger partial charge on any atom is -0.497 e. The molecule has 0 spiro atoms. The largest absolute Gasteiger partial charge is 0.497 e. The lowest BCUT2D eigenvalue weighted by atomic mass is 10.0. The van der Waals surface area contributed by atoms with Gasteiger partial charge in [0, 0.05) is 50.2 Å². The molecule has 22 heavy (non-hydrogen) atoms. The van der Waals surface area contributed by atoms with Crippen molar-refractivity contribution in [2.45, 2.75) is 13.3 Å². The van der Waals surface area contributed by atoms with E-state index in [1.54, 1.807) is 7.11 Å². The normalized spacial score (nSPS) is 23.5. The Hall–Kier alpha value is -1.91. The van der Waals surface area contributed by atoms with Gasteiger partial charge in [0.25, 0.3) is 0 Å². The van der Waals surface area contributed by atoms with Crippen molar-refractivity contribution in [2.75, 3.05) is 44.7 Å². The van der Waals surface area contributed by atoms with Crippen LogP contribution in [0, 0.1) is 11.8 Å². The Balaban J connectivity index is 1.55. The van der Waals surface area contributed by atoms with Crippen molar-refractivity contribution in [2.24, 2.45) is 11.8 Å². The molecule has 3 rings (SSSR count). The first-order valence-corrected chi connectivity index (χ1v) is 8.13. The molecule has 0 aliphatic carbocycles. The highest BCUT2D eigenvalue weighted by Crippen LogP contribution is 2.34. The summed E-state index contributed by atoms with van der Waals surface area (Å²) in [4.78, 5) is 16.5. The third-order valence-electron chi connectivity index (χ3n) is 4.74. The summed E-state index contributed by atoms with van der Waals surface area (Å²) in [5.74, 6) is 2.07. The molecule has 1 aromatic rings. The minimum atomic E-state index is 0.104. The molecule has 0 aromatic heterocycles. The van der Waals surface area contributed by atoms with Crippen LogP contribution in [-0.2, 0) is 0 Å². The Morgan fingerprint density at radius 2 is 1.82 bits per heavy atom. The molecular weight excluding hydrogens is 278 g/mol. The molecule has 1 N–H and O–H groups in total. The van der Waals surface area contributed by atoms with E-state index in [0.29, 0.717) is 11.8 Å². The Labute approximate surface area is 132 Å². The average Bonchev–Trinajstić information content (AvgIpc) is 3.11. The van der Waals surface area contributed by atoms with Gasteiger partial charge in [-0.3, -0.25) is 0 Å². The third-order valence-corrected chi connectivity index (χ3v) is 4.74. The summed E-state index contributed by atoms with van der Waals surface area (Å²) in [6.45, 7) is 6.68. The smallest absolute Gasteiger partial charge is 0.317 e. The predicted molar refractivity (Wildman–Crippen MR) is 87.4 cm³/mol. The highest BCUT2D eigenvalue weighted by atomic mass is 16.5. The zero-order valence-corrected chi connectivity index (χ0v) is 13.4. The molecule has 5 heteroatoms. The van der Waals surface area contributed by atoms with Gasteiger partial charge in [-0.1, -0.05) is 6.92 Å². The summed E-state index contributed by atoms with van der Waals surface area (Å²) in [5.41, 5.74) is 1.25. The second-order valence-electron chi connectivity index (χ2n) is 6.26. The lowest BCUT2D eigenvalue weighted by Gasteiger charge is -2.23. The summed E-state index contributed by atoms with van der Waals surface area (Å²) < 4.78 is 5.21. The molecule has 2 atom stereocenters. The summed E-state index contributed by atoms with van der Waals surface area (Å²) >= 11 is 0. The maximum Gasteiger partial charge on any atom is 0.317 e. The quantitative estimate of drug-likeness (QED) is 0.927. The van der Waals surface area contributed by atoms with Crippen molar-refractivity contribution in [1.82, 2.24) is 10.2 Å². The number of urea groups is 1. The number of ether oxygens (including phenoxy) is 1. The molecule has 0 radical (unpaired) electrons. The van der Waals surface area contributed by atoms with Crippen molar-refractivity contribution in [3.05, 3.63) is 24.3 Å². The average molecular weight is 303 g/mol. The molecule has 1 aromatic carbocycles. The van der Waals surface area contributed by atoms with E-state index in [9.17, 15) is 4.79 Å². The van der Waals surface area contributed by atoms with E-state index in [1.165, 1.54) is 5.69 Å². The van der Waals surface area contributed by atoms with Crippen molar-refractivity contribution in [3.8, 4) is 5.75 Å². The number of methoxy groups -OCH3 is 1. The molecule has 0 bridgehead atoms. The van der Waals surface area contributed by atoms with Crippen molar-refractivity contribution < 1.29 is 9.53 Å². The van der Waals surface area contributed by atoms with E-state index in [-0.39, 0.29) is 6.03 Å². The van der Waals surface area contributed by atoms with Gasteiger partial charge in [-0.15, -0.1) is 0 Å². The van der Waals surface area contributed by atoms with Crippen LogP contribution in [0.5, 0.6) is 5.75 Å². The van der Waals surface area contributed by atoms with Crippen LogP contribution in [0.25, 0.3) is 0 Å². The number of carbonyl (C=O) groups is 1. The number of anilines is 1. The van der Waals surface area contributed by atoms with E-state index < -0.39 is 0 Å². The van der Waals surface area contributed by atoms with E-state index >= 15 is 0 Å². The van der Waals surface area contributed by atoms with E-state index in [1.807, 2.05) is 17.0 Å². The summed E-state index contributed by atoms with van der Waals surface area (Å²) in [7, 11) is 1.69. The minimum absolute atomic E-state index is 0.104. The van der Waals surface area contributed by atoms with Crippen molar-refractivity contribution >= 4 is 11.7 Å². The molecule has 120 valence electrons. The Morgan fingerprint density at radius 1 is 1.18 bits per heavy atom. The van der Waals surface area contributed by atoms with Crippen LogP contribution >= 0.6 is 0 Å². The van der Waals surface area contributed by atoms with Gasteiger partial charge >= 0.3 is 6.03 Å². The van der Waals surface area contributed by atoms with Gasteiger partial charge in [-0.2, -0.15) is 0 Å². The van der Waals surface area contributed by atoms with Gasteiger partial charge in [-0.25, -0.2) is 4.79 Å². The number of carbonyl (C=O) groups excluding carboxylic acids is 1. The van der Waals surface area contributed by atoms with Gasteiger partial charge in [0.05, 0.1) is 7.11 Å². The Bertz CT molecular complexity index is 503. The molecule has 2 amide bonds. The van der Waals surface area contributed by atoms with E-state index in [4.69, 9.17) is 4.74 Å². The molecule has 5 nitrogen and oxygen atoms in total. The number of hydrogen-bond acceptors (Lipinski definition) is 3. The van der Waals surface area contributed by atoms with Crippen LogP contribution < -0.4 is 15.0 Å². The monoisotopic (exact) mass is 303 g/mol. The van der Waals surface area contributed by atoms with Crippen LogP contribution in [0.15, 0.2) is 24.3 Å². The van der Waals surface area contributed by atoms with Crippen LogP contribution in [0.3, 0.4) is 0 Å². The first-order valence-electron chi connectivity index (χ1n) is 8.13. The predicted octanol–water partition coefficient (Wildman–Crippen LogP) is 2.18. The van der Waals surface area contributed by atoms with Gasteiger partial charge < -0.3 is 19.9 Å². The third kappa shape index (κ3) is 2.98. The van der Waals surface area contributed by atoms with E-state index in [0.717, 1.165) is 44.9 Å². The molecule has 2 aliphatic heterocycles. The highest BCUT2D eigenvalue weighted by Gasteiger charge is 2.41. The SMILES string of the molecule is CCCNC(=O)N1C[C@@H]2CN(c3ccc(OC)cc3)C[C@@H]2C1. The zero-order chi connectivity index (χ0) is 15.5. The van der Waals surface area contributed by atoms with Crippen LogP contribution in [0.4, 0.5) is 10.5 Å². The number of nitrogens with zero attached hydrogens (tertiary/aromatic N) is 2. The molecule has 2 heterocycles. The molecular formula is C17H25N3O2. The second-order valence-corrected chi connectivity index (χ2v) is 6.26. The molecule has 2 aliphatic rings. The standard InChI is InChI=1S/C17H25N3O2/c1-3-8-18-17(21)20-11-13-9-19(10-14(13)12-20)15-4-6-16(22-2)7-5-15/h4-7,13-14H,3,8-12H2,1-2H3,(H,18,21)/t13-,14+. The summed E-state index contributed by atoms with van der Waals surface area (Å²) in [6, 6.07) is 8.35. The van der Waals surface area contributed by atoms with Gasteiger partial charge in [0.1, 0.15) is 5.75 Å². The number of fused-ring (bicyclic) bond motifs is 1. The molecule has 2 fully saturated rings. The lowest BCUT2D eigenvalue weighted by Crippen LogP contribution is -2.40. The summed E-state index contributed by atoms with van der Waals surface area (Å²) in [6.07, 6.45) is 0.984. The molecule has 0 unspecified atom stereocenters. The topological polar surface area (TPSA) is 44.8 Å². The molecule has 2 saturated heterocycles. The number of nitrogens with one attached hydrogen (secondary N) is 1. The van der Waals surface area contributed by atoms with Crippen LogP contribution in [-0.4, -0.2) is 50.8 Å². The summed E-state index contributed by atoms with van der Waals surface area (Å²) in [5, 5.41) is 2.98. The number of amides is 2. The van der Waals surface area contributed by atoms with Crippen molar-refractivity contribution in [3.63, 3.8) is 0 Å². The van der Waals surface area contributed by atoms with Crippen LogP contribution in [0.1, 0.15) is 13.3 Å². The number of likely N-dealkylation sites (tertiary alicyclic amines) is 1.